The van der Waals surface area contributed by atoms with Crippen LogP contribution in [0.5, 0.6) is 5.75 Å². The van der Waals surface area contributed by atoms with Crippen LogP contribution < -0.4 is 20.7 Å². The summed E-state index contributed by atoms with van der Waals surface area (Å²) in [5.74, 6) is -6.23. The Bertz CT molecular complexity index is 1940. The number of amides is 4. The first kappa shape index (κ1) is 46.4. The lowest BCUT2D eigenvalue weighted by Crippen LogP contribution is -2.49. The molecule has 324 valence electrons. The minimum Gasteiger partial charge on any atom is -0.493 e. The van der Waals surface area contributed by atoms with Crippen LogP contribution in [0.15, 0.2) is 59.0 Å². The molecule has 0 aliphatic carbocycles. The Labute approximate surface area is 347 Å². The van der Waals surface area contributed by atoms with Crippen molar-refractivity contribution in [2.45, 2.75) is 77.9 Å². The lowest BCUT2D eigenvalue weighted by Gasteiger charge is -2.31. The number of carboxylic acids is 2. The van der Waals surface area contributed by atoms with Crippen LogP contribution in [0.2, 0.25) is 0 Å². The number of carbonyl (C=O) groups excluding carboxylic acids is 5. The summed E-state index contributed by atoms with van der Waals surface area (Å²) in [6, 6.07) is 11.7. The molecule has 1 aliphatic rings. The van der Waals surface area contributed by atoms with E-state index in [1.165, 1.54) is 30.3 Å². The first-order valence-electron chi connectivity index (χ1n) is 19.9. The van der Waals surface area contributed by atoms with Crippen LogP contribution in [0, 0.1) is 5.92 Å². The van der Waals surface area contributed by atoms with Gasteiger partial charge >= 0.3 is 17.9 Å². The number of hydrogen-bond acceptors (Lipinski definition) is 12. The van der Waals surface area contributed by atoms with Gasteiger partial charge in [-0.1, -0.05) is 51.3 Å². The third-order valence-electron chi connectivity index (χ3n) is 9.79. The fourth-order valence-corrected chi connectivity index (χ4v) is 6.63. The standard InChI is InChI=1S/C42H53N5O13/c1-4-7-8-9-30(33(5-2)47(26-48)60-42(56)28-12-10-27(11-13-28)24-46-18-20-57-21-19-46)38(51)43-25-44-40(53)35-17-16-34(59-35)29-14-15-31(36(22-29)58-6-3)39(52)45-32(41(54)55)23-37(49)50/h10-17,22,26,30,32-33H,4-9,18-21,23-25H2,1-3H3,(H,43,51)(H,44,53)(H,45,52)(H,49,50)(H,54,55)/t30?,32?,33-/m1/s1. The summed E-state index contributed by atoms with van der Waals surface area (Å²) in [4.78, 5) is 95.5. The highest BCUT2D eigenvalue weighted by atomic mass is 16.7. The SMILES string of the molecule is CCCCCC(C(=O)NCNC(=O)c1ccc(-c2ccc(C(=O)NC(CC(=O)O)C(=O)O)c(OCC)c2)o1)[C@@H](CC)N(C=O)OC(=O)c1ccc(CN2CCOCC2)cc1. The first-order valence-corrected chi connectivity index (χ1v) is 19.9. The number of carbonyl (C=O) groups is 7. The summed E-state index contributed by atoms with van der Waals surface area (Å²) < 4.78 is 16.8. The topological polar surface area (TPSA) is 243 Å². The number of aliphatic carboxylic acids is 2. The summed E-state index contributed by atoms with van der Waals surface area (Å²) in [6.45, 7) is 9.02. The van der Waals surface area contributed by atoms with Crippen molar-refractivity contribution in [3.63, 3.8) is 0 Å². The molecule has 0 saturated carbocycles. The summed E-state index contributed by atoms with van der Waals surface area (Å²) in [5, 5.41) is 26.7. The van der Waals surface area contributed by atoms with E-state index >= 15 is 0 Å². The highest BCUT2D eigenvalue weighted by Crippen LogP contribution is 2.29. The van der Waals surface area contributed by atoms with Gasteiger partial charge in [-0.25, -0.2) is 9.59 Å². The number of nitrogens with zero attached hydrogens (tertiary/aromatic N) is 2. The van der Waals surface area contributed by atoms with Gasteiger partial charge in [0.1, 0.15) is 17.6 Å². The number of morpholine rings is 1. The van der Waals surface area contributed by atoms with E-state index in [1.807, 2.05) is 19.1 Å². The van der Waals surface area contributed by atoms with Crippen molar-refractivity contribution >= 4 is 42.0 Å². The number of nitrogens with one attached hydrogen (secondary N) is 3. The first-order chi connectivity index (χ1) is 28.9. The van der Waals surface area contributed by atoms with Crippen LogP contribution in [-0.2, 0) is 35.3 Å². The highest BCUT2D eigenvalue weighted by Gasteiger charge is 2.34. The van der Waals surface area contributed by atoms with Crippen LogP contribution in [0.1, 0.15) is 96.1 Å². The van der Waals surface area contributed by atoms with Gasteiger partial charge < -0.3 is 44.9 Å². The minimum absolute atomic E-state index is 0.0461. The van der Waals surface area contributed by atoms with Crippen LogP contribution in [-0.4, -0.2) is 114 Å². The summed E-state index contributed by atoms with van der Waals surface area (Å²) >= 11 is 0. The van der Waals surface area contributed by atoms with Gasteiger partial charge in [0.15, 0.2) is 5.76 Å². The van der Waals surface area contributed by atoms with Crippen molar-refractivity contribution in [1.82, 2.24) is 25.9 Å². The van der Waals surface area contributed by atoms with E-state index in [1.54, 1.807) is 26.0 Å². The molecule has 2 unspecified atom stereocenters. The predicted octanol–water partition coefficient (Wildman–Crippen LogP) is 3.84. The van der Waals surface area contributed by atoms with Gasteiger partial charge in [-0.05, 0) is 61.7 Å². The van der Waals surface area contributed by atoms with E-state index in [4.69, 9.17) is 23.8 Å². The Kier molecular flexibility index (Phi) is 18.1. The van der Waals surface area contributed by atoms with E-state index in [9.17, 15) is 38.7 Å². The van der Waals surface area contributed by atoms with Gasteiger partial charge in [-0.2, -0.15) is 5.06 Å². The van der Waals surface area contributed by atoms with Crippen molar-refractivity contribution in [3.8, 4) is 17.1 Å². The van der Waals surface area contributed by atoms with Gasteiger partial charge in [-0.3, -0.25) is 28.9 Å². The number of hydrogen-bond donors (Lipinski definition) is 5. The molecule has 60 heavy (non-hydrogen) atoms. The monoisotopic (exact) mass is 835 g/mol. The largest absolute Gasteiger partial charge is 0.493 e. The zero-order valence-electron chi connectivity index (χ0n) is 34.0. The maximum Gasteiger partial charge on any atom is 0.363 e. The fourth-order valence-electron chi connectivity index (χ4n) is 6.63. The highest BCUT2D eigenvalue weighted by molar-refractivity contribution is 6.00. The molecule has 18 heteroatoms. The van der Waals surface area contributed by atoms with Crippen LogP contribution >= 0.6 is 0 Å². The predicted molar refractivity (Wildman–Crippen MR) is 214 cm³/mol. The molecule has 1 fully saturated rings. The molecule has 0 spiro atoms. The molecule has 1 aromatic heterocycles. The molecule has 4 rings (SSSR count). The Balaban J connectivity index is 1.38. The molecule has 2 heterocycles. The van der Waals surface area contributed by atoms with Crippen molar-refractivity contribution in [1.29, 1.82) is 0 Å². The quantitative estimate of drug-likeness (QED) is 0.0373. The number of ether oxygens (including phenoxy) is 2. The zero-order chi connectivity index (χ0) is 43.6. The number of carboxylic acid groups (broad SMARTS) is 2. The number of benzene rings is 2. The molecule has 0 radical (unpaired) electrons. The Morgan fingerprint density at radius 2 is 1.65 bits per heavy atom. The molecule has 18 nitrogen and oxygen atoms in total. The Morgan fingerprint density at radius 3 is 2.28 bits per heavy atom. The van der Waals surface area contributed by atoms with Crippen molar-refractivity contribution < 1.29 is 62.5 Å². The smallest absolute Gasteiger partial charge is 0.363 e. The number of rotatable bonds is 24. The molecular weight excluding hydrogens is 782 g/mol. The van der Waals surface area contributed by atoms with Gasteiger partial charge in [0.2, 0.25) is 12.3 Å². The van der Waals surface area contributed by atoms with Crippen LogP contribution in [0.3, 0.4) is 0 Å². The second-order valence-electron chi connectivity index (χ2n) is 14.0. The molecular formula is C42H53N5O13. The Morgan fingerprint density at radius 1 is 0.917 bits per heavy atom. The number of hydroxylamine groups is 2. The number of unbranched alkanes of at least 4 members (excludes halogenated alkanes) is 2. The fraction of sp³-hybridized carbons (Fsp3) is 0.452. The molecule has 4 amide bonds. The van der Waals surface area contributed by atoms with Gasteiger partial charge in [0.25, 0.3) is 11.8 Å². The third-order valence-corrected chi connectivity index (χ3v) is 9.79. The normalized spacial score (nSPS) is 14.2. The zero-order valence-corrected chi connectivity index (χ0v) is 34.0. The van der Waals surface area contributed by atoms with E-state index < -0.39 is 60.1 Å². The lowest BCUT2D eigenvalue weighted by molar-refractivity contribution is -0.171. The average molecular weight is 836 g/mol. The van der Waals surface area contributed by atoms with E-state index in [0.29, 0.717) is 51.0 Å². The van der Waals surface area contributed by atoms with Crippen LogP contribution in [0.25, 0.3) is 11.3 Å². The van der Waals surface area contributed by atoms with E-state index in [-0.39, 0.29) is 41.7 Å². The number of furan rings is 1. The maximum atomic E-state index is 13.6. The molecule has 0 bridgehead atoms. The second kappa shape index (κ2) is 23.4. The molecule has 1 saturated heterocycles. The summed E-state index contributed by atoms with van der Waals surface area (Å²) in [6.07, 6.45) is 2.63. The Hall–Kier alpha value is -6.27. The molecule has 3 aromatic rings. The van der Waals surface area contributed by atoms with Crippen molar-refractivity contribution in [3.05, 3.63) is 77.0 Å². The maximum absolute atomic E-state index is 13.6. The molecule has 2 aromatic carbocycles. The van der Waals surface area contributed by atoms with Gasteiger partial charge in [-0.15, -0.1) is 0 Å². The van der Waals surface area contributed by atoms with E-state index in [0.717, 1.165) is 36.6 Å². The molecule has 1 aliphatic heterocycles. The van der Waals surface area contributed by atoms with Crippen LogP contribution in [0.4, 0.5) is 0 Å². The second-order valence-corrected chi connectivity index (χ2v) is 14.0. The van der Waals surface area contributed by atoms with Crippen molar-refractivity contribution in [2.75, 3.05) is 39.6 Å². The molecule has 5 N–H and O–H groups in total. The summed E-state index contributed by atoms with van der Waals surface area (Å²) in [5.41, 5.74) is 1.62. The van der Waals surface area contributed by atoms with Gasteiger partial charge in [0.05, 0.1) is 56.0 Å². The third kappa shape index (κ3) is 13.4. The molecule has 3 atom stereocenters. The van der Waals surface area contributed by atoms with E-state index in [2.05, 4.69) is 20.9 Å². The van der Waals surface area contributed by atoms with Gasteiger partial charge in [0, 0.05) is 25.2 Å². The minimum atomic E-state index is -1.67. The van der Waals surface area contributed by atoms with Crippen molar-refractivity contribution in [2.24, 2.45) is 5.92 Å². The lowest BCUT2D eigenvalue weighted by atomic mass is 9.90. The summed E-state index contributed by atoms with van der Waals surface area (Å²) in [7, 11) is 0. The average Bonchev–Trinajstić information content (AvgIpc) is 3.74.